The van der Waals surface area contributed by atoms with Gasteiger partial charge in [0.1, 0.15) is 5.01 Å². The molecular formula is C16H24N4O2S. The number of hydrogen-bond acceptors (Lipinski definition) is 4. The smallest absolute Gasteiger partial charge is 0.315 e. The average Bonchev–Trinajstić information content (AvgIpc) is 3.04. The predicted octanol–water partition coefficient (Wildman–Crippen LogP) is 2.20. The normalized spacial score (nSPS) is 19.3. The van der Waals surface area contributed by atoms with Crippen LogP contribution in [0.2, 0.25) is 0 Å². The van der Waals surface area contributed by atoms with Gasteiger partial charge in [-0.15, -0.1) is 11.3 Å². The van der Waals surface area contributed by atoms with Crippen LogP contribution in [-0.4, -0.2) is 30.0 Å². The van der Waals surface area contributed by atoms with Crippen molar-refractivity contribution in [2.45, 2.75) is 44.6 Å². The summed E-state index contributed by atoms with van der Waals surface area (Å²) < 4.78 is 0. The molecule has 0 spiro atoms. The first-order valence-corrected chi connectivity index (χ1v) is 9.33. The minimum absolute atomic E-state index is 0.0167. The molecule has 0 saturated heterocycles. The van der Waals surface area contributed by atoms with E-state index in [2.05, 4.69) is 20.9 Å². The van der Waals surface area contributed by atoms with E-state index < -0.39 is 0 Å². The number of urea groups is 1. The van der Waals surface area contributed by atoms with Gasteiger partial charge in [-0.1, -0.05) is 12.8 Å². The Kier molecular flexibility index (Phi) is 5.48. The van der Waals surface area contributed by atoms with E-state index in [1.54, 1.807) is 17.5 Å². The summed E-state index contributed by atoms with van der Waals surface area (Å²) in [6.45, 7) is 0.924. The van der Waals surface area contributed by atoms with E-state index in [9.17, 15) is 9.59 Å². The fourth-order valence-corrected chi connectivity index (χ4v) is 3.87. The molecule has 2 fully saturated rings. The molecule has 3 N–H and O–H groups in total. The van der Waals surface area contributed by atoms with E-state index in [-0.39, 0.29) is 23.9 Å². The Bertz CT molecular complexity index is 524. The Morgan fingerprint density at radius 1 is 1.17 bits per heavy atom. The molecule has 7 heteroatoms. The molecular weight excluding hydrogens is 312 g/mol. The van der Waals surface area contributed by atoms with Crippen LogP contribution < -0.4 is 16.0 Å². The van der Waals surface area contributed by atoms with E-state index in [0.717, 1.165) is 43.5 Å². The van der Waals surface area contributed by atoms with E-state index in [4.69, 9.17) is 0 Å². The zero-order valence-electron chi connectivity index (χ0n) is 13.2. The van der Waals surface area contributed by atoms with Gasteiger partial charge in [-0.05, 0) is 31.6 Å². The van der Waals surface area contributed by atoms with Gasteiger partial charge in [-0.2, -0.15) is 0 Å². The minimum Gasteiger partial charge on any atom is -0.354 e. The first-order chi connectivity index (χ1) is 11.2. The number of nitrogens with one attached hydrogen (secondary N) is 3. The maximum absolute atomic E-state index is 12.0. The quantitative estimate of drug-likeness (QED) is 0.668. The first-order valence-electron chi connectivity index (χ1n) is 8.45. The third-order valence-electron chi connectivity index (χ3n) is 4.53. The fraction of sp³-hybridized carbons (Fsp3) is 0.688. The van der Waals surface area contributed by atoms with Crippen LogP contribution in [0.3, 0.4) is 0 Å². The van der Waals surface area contributed by atoms with Gasteiger partial charge in [0.05, 0.1) is 6.04 Å². The number of nitrogens with zero attached hydrogens (tertiary/aromatic N) is 1. The van der Waals surface area contributed by atoms with Crippen molar-refractivity contribution in [2.24, 2.45) is 11.8 Å². The number of aromatic nitrogens is 1. The lowest BCUT2D eigenvalue weighted by atomic mass is 10.1. The Hall–Kier alpha value is -1.63. The summed E-state index contributed by atoms with van der Waals surface area (Å²) in [6, 6.07) is -0.171. The molecule has 1 aromatic rings. The highest BCUT2D eigenvalue weighted by atomic mass is 32.1. The second-order valence-electron chi connectivity index (χ2n) is 6.36. The standard InChI is InChI=1S/C16H24N4O2S/c21-14(12-3-1-2-4-12)17-7-8-19-16(22)20-13(11-5-6-11)15-18-9-10-23-15/h9-13H,1-8H2,(H,17,21)(H2,19,20,22)/t13-/m1/s1. The Balaban J connectivity index is 1.35. The van der Waals surface area contributed by atoms with Crippen molar-refractivity contribution in [1.29, 1.82) is 0 Å². The van der Waals surface area contributed by atoms with E-state index in [0.29, 0.717) is 19.0 Å². The molecule has 0 unspecified atom stereocenters. The lowest BCUT2D eigenvalue weighted by molar-refractivity contribution is -0.124. The third-order valence-corrected chi connectivity index (χ3v) is 5.39. The van der Waals surface area contributed by atoms with Gasteiger partial charge in [0, 0.05) is 30.6 Å². The zero-order valence-corrected chi connectivity index (χ0v) is 14.0. The Labute approximate surface area is 140 Å². The lowest BCUT2D eigenvalue weighted by Gasteiger charge is -2.16. The lowest BCUT2D eigenvalue weighted by Crippen LogP contribution is -2.42. The molecule has 2 aliphatic rings. The number of carbonyl (C=O) groups is 2. The van der Waals surface area contributed by atoms with Crippen molar-refractivity contribution < 1.29 is 9.59 Å². The summed E-state index contributed by atoms with van der Waals surface area (Å²) in [4.78, 5) is 28.2. The van der Waals surface area contributed by atoms with Gasteiger partial charge in [0.2, 0.25) is 5.91 Å². The summed E-state index contributed by atoms with van der Waals surface area (Å²) in [5, 5.41) is 11.6. The van der Waals surface area contributed by atoms with Gasteiger partial charge in [-0.3, -0.25) is 4.79 Å². The van der Waals surface area contributed by atoms with Crippen LogP contribution in [0.1, 0.15) is 49.6 Å². The molecule has 1 atom stereocenters. The molecule has 0 radical (unpaired) electrons. The maximum atomic E-state index is 12.0. The largest absolute Gasteiger partial charge is 0.354 e. The highest BCUT2D eigenvalue weighted by Gasteiger charge is 2.34. The molecule has 0 aliphatic heterocycles. The van der Waals surface area contributed by atoms with Crippen LogP contribution in [0.15, 0.2) is 11.6 Å². The molecule has 2 aliphatic carbocycles. The molecule has 3 amide bonds. The number of rotatable bonds is 7. The predicted molar refractivity (Wildman–Crippen MR) is 89.1 cm³/mol. The summed E-state index contributed by atoms with van der Waals surface area (Å²) in [7, 11) is 0. The fourth-order valence-electron chi connectivity index (χ4n) is 3.09. The first kappa shape index (κ1) is 16.2. The molecule has 126 valence electrons. The van der Waals surface area contributed by atoms with Crippen LogP contribution in [0.5, 0.6) is 0 Å². The second kappa shape index (κ2) is 7.77. The Morgan fingerprint density at radius 2 is 1.91 bits per heavy atom. The van der Waals surface area contributed by atoms with Crippen molar-refractivity contribution in [3.8, 4) is 0 Å². The van der Waals surface area contributed by atoms with Crippen LogP contribution >= 0.6 is 11.3 Å². The van der Waals surface area contributed by atoms with Gasteiger partial charge in [-0.25, -0.2) is 9.78 Å². The van der Waals surface area contributed by atoms with Gasteiger partial charge in [0.15, 0.2) is 0 Å². The van der Waals surface area contributed by atoms with Crippen molar-refractivity contribution in [3.63, 3.8) is 0 Å². The van der Waals surface area contributed by atoms with Gasteiger partial charge < -0.3 is 16.0 Å². The van der Waals surface area contributed by atoms with Gasteiger partial charge in [0.25, 0.3) is 0 Å². The zero-order chi connectivity index (χ0) is 16.1. The third kappa shape index (κ3) is 4.67. The van der Waals surface area contributed by atoms with E-state index in [1.165, 1.54) is 0 Å². The van der Waals surface area contributed by atoms with Crippen molar-refractivity contribution in [3.05, 3.63) is 16.6 Å². The monoisotopic (exact) mass is 336 g/mol. The summed E-state index contributed by atoms with van der Waals surface area (Å²) in [5.74, 6) is 0.810. The molecule has 0 bridgehead atoms. The highest BCUT2D eigenvalue weighted by Crippen LogP contribution is 2.41. The number of carbonyl (C=O) groups excluding carboxylic acids is 2. The average molecular weight is 336 g/mol. The maximum Gasteiger partial charge on any atom is 0.315 e. The summed E-state index contributed by atoms with van der Waals surface area (Å²) in [6.07, 6.45) is 8.35. The van der Waals surface area contributed by atoms with Crippen LogP contribution in [0, 0.1) is 11.8 Å². The minimum atomic E-state index is -0.188. The number of hydrogen-bond donors (Lipinski definition) is 3. The van der Waals surface area contributed by atoms with Crippen molar-refractivity contribution in [1.82, 2.24) is 20.9 Å². The highest BCUT2D eigenvalue weighted by molar-refractivity contribution is 7.09. The van der Waals surface area contributed by atoms with E-state index >= 15 is 0 Å². The Morgan fingerprint density at radius 3 is 2.57 bits per heavy atom. The second-order valence-corrected chi connectivity index (χ2v) is 7.28. The molecule has 2 saturated carbocycles. The SMILES string of the molecule is O=C(NCCNC(=O)C1CCCC1)N[C@@H](c1nccs1)C1CC1. The molecule has 1 aromatic heterocycles. The summed E-state index contributed by atoms with van der Waals surface area (Å²) in [5.41, 5.74) is 0. The summed E-state index contributed by atoms with van der Waals surface area (Å²) >= 11 is 1.58. The number of amides is 3. The molecule has 1 heterocycles. The topological polar surface area (TPSA) is 83.1 Å². The molecule has 3 rings (SSSR count). The molecule has 23 heavy (non-hydrogen) atoms. The van der Waals surface area contributed by atoms with Crippen molar-refractivity contribution in [2.75, 3.05) is 13.1 Å². The van der Waals surface area contributed by atoms with Gasteiger partial charge >= 0.3 is 6.03 Å². The van der Waals surface area contributed by atoms with Crippen molar-refractivity contribution >= 4 is 23.3 Å². The van der Waals surface area contributed by atoms with Crippen LogP contribution in [-0.2, 0) is 4.79 Å². The van der Waals surface area contributed by atoms with Crippen LogP contribution in [0.25, 0.3) is 0 Å². The van der Waals surface area contributed by atoms with E-state index in [1.807, 2.05) is 5.38 Å². The molecule has 6 nitrogen and oxygen atoms in total. The molecule has 0 aromatic carbocycles. The van der Waals surface area contributed by atoms with Crippen LogP contribution in [0.4, 0.5) is 4.79 Å². The number of thiazole rings is 1.